The lowest BCUT2D eigenvalue weighted by Gasteiger charge is -2.14. The molecule has 0 unspecified atom stereocenters. The summed E-state index contributed by atoms with van der Waals surface area (Å²) < 4.78 is 0. The normalized spacial score (nSPS) is 10.9. The number of aryl methyl sites for hydroxylation is 1. The Balaban J connectivity index is 3.21. The summed E-state index contributed by atoms with van der Waals surface area (Å²) in [4.78, 5) is 0. The van der Waals surface area contributed by atoms with Gasteiger partial charge in [-0.1, -0.05) is 27.7 Å². The first kappa shape index (κ1) is 15.0. The van der Waals surface area contributed by atoms with Crippen LogP contribution in [0.3, 0.4) is 0 Å². The van der Waals surface area contributed by atoms with Crippen LogP contribution in [0.5, 0.6) is 0 Å². The van der Waals surface area contributed by atoms with Crippen LogP contribution in [0.15, 0.2) is 5.03 Å². The van der Waals surface area contributed by atoms with E-state index in [0.717, 1.165) is 40.4 Å². The summed E-state index contributed by atoms with van der Waals surface area (Å²) in [6.45, 7) is 8.44. The largest absolute Gasteiger partial charge is 0.384 e. The van der Waals surface area contributed by atoms with Crippen LogP contribution >= 0.6 is 11.8 Å². The quantitative estimate of drug-likeness (QED) is 0.471. The van der Waals surface area contributed by atoms with Gasteiger partial charge in [0.1, 0.15) is 10.9 Å². The zero-order valence-corrected chi connectivity index (χ0v) is 12.4. The van der Waals surface area contributed by atoms with Crippen molar-refractivity contribution in [1.29, 1.82) is 5.41 Å². The molecule has 0 saturated carbocycles. The Hall–Kier alpha value is -1.10. The lowest BCUT2D eigenvalue weighted by molar-refractivity contribution is 0.746. The van der Waals surface area contributed by atoms with Gasteiger partial charge in [0.05, 0.1) is 11.3 Å². The van der Waals surface area contributed by atoms with E-state index in [1.54, 1.807) is 11.8 Å². The van der Waals surface area contributed by atoms with E-state index in [1.807, 2.05) is 6.92 Å². The van der Waals surface area contributed by atoms with Gasteiger partial charge in [0.25, 0.3) is 0 Å². The highest BCUT2D eigenvalue weighted by molar-refractivity contribution is 7.99. The van der Waals surface area contributed by atoms with Gasteiger partial charge in [0.15, 0.2) is 0 Å². The number of nitrogens with one attached hydrogen (secondary N) is 1. The van der Waals surface area contributed by atoms with Crippen molar-refractivity contribution in [2.45, 2.75) is 45.6 Å². The molecule has 4 nitrogen and oxygen atoms in total. The monoisotopic (exact) mass is 266 g/mol. The number of hydrogen-bond donors (Lipinski definition) is 2. The maximum Gasteiger partial charge on any atom is 0.130 e. The highest BCUT2D eigenvalue weighted by Gasteiger charge is 2.17. The summed E-state index contributed by atoms with van der Waals surface area (Å²) in [6.07, 6.45) is 1.66. The number of amidine groups is 1. The van der Waals surface area contributed by atoms with Crippen molar-refractivity contribution in [3.63, 3.8) is 0 Å². The highest BCUT2D eigenvalue weighted by Crippen LogP contribution is 2.26. The molecule has 0 spiro atoms. The standard InChI is InChI=1S/C13H22N4S/c1-5-9-10(6-2)16-17-13(11(9)12(14)15)18-7-8(3)4/h8H,5-7H2,1-4H3,(H3,14,15). The van der Waals surface area contributed by atoms with E-state index in [-0.39, 0.29) is 5.84 Å². The average molecular weight is 266 g/mol. The minimum absolute atomic E-state index is 0.0997. The van der Waals surface area contributed by atoms with Crippen molar-refractivity contribution in [3.05, 3.63) is 16.8 Å². The molecule has 0 aromatic carbocycles. The number of nitrogens with two attached hydrogens (primary N) is 1. The van der Waals surface area contributed by atoms with Crippen molar-refractivity contribution < 1.29 is 0 Å². The van der Waals surface area contributed by atoms with Crippen LogP contribution in [-0.4, -0.2) is 21.8 Å². The van der Waals surface area contributed by atoms with Crippen molar-refractivity contribution in [1.82, 2.24) is 10.2 Å². The second-order valence-corrected chi connectivity index (χ2v) is 5.64. The van der Waals surface area contributed by atoms with Gasteiger partial charge in [-0.25, -0.2) is 0 Å². The molecule has 0 aliphatic rings. The van der Waals surface area contributed by atoms with Crippen LogP contribution < -0.4 is 5.73 Å². The first-order valence-electron chi connectivity index (χ1n) is 6.36. The van der Waals surface area contributed by atoms with Crippen LogP contribution in [0, 0.1) is 11.3 Å². The molecule has 100 valence electrons. The third-order valence-electron chi connectivity index (χ3n) is 2.64. The van der Waals surface area contributed by atoms with E-state index in [9.17, 15) is 0 Å². The van der Waals surface area contributed by atoms with E-state index in [2.05, 4.69) is 31.0 Å². The summed E-state index contributed by atoms with van der Waals surface area (Å²) in [5.74, 6) is 1.64. The lowest BCUT2D eigenvalue weighted by atomic mass is 10.0. The molecule has 1 rings (SSSR count). The molecule has 0 bridgehead atoms. The number of thioether (sulfide) groups is 1. The fraction of sp³-hybridized carbons (Fsp3) is 0.615. The molecule has 1 aromatic rings. The minimum Gasteiger partial charge on any atom is -0.384 e. The van der Waals surface area contributed by atoms with Crippen LogP contribution in [0.25, 0.3) is 0 Å². The fourth-order valence-corrected chi connectivity index (χ4v) is 2.75. The molecule has 0 atom stereocenters. The Kier molecular flexibility index (Phi) is 5.59. The summed E-state index contributed by atoms with van der Waals surface area (Å²) >= 11 is 1.64. The molecule has 0 aliphatic heterocycles. The maximum atomic E-state index is 7.77. The Morgan fingerprint density at radius 1 is 1.28 bits per heavy atom. The van der Waals surface area contributed by atoms with Gasteiger partial charge in [0.2, 0.25) is 0 Å². The molecule has 1 aromatic heterocycles. The number of nitrogen functional groups attached to an aromatic ring is 1. The van der Waals surface area contributed by atoms with Crippen LogP contribution in [0.1, 0.15) is 44.5 Å². The number of aromatic nitrogens is 2. The number of hydrogen-bond acceptors (Lipinski definition) is 4. The Morgan fingerprint density at radius 3 is 2.39 bits per heavy atom. The summed E-state index contributed by atoms with van der Waals surface area (Å²) in [5.41, 5.74) is 8.54. The van der Waals surface area contributed by atoms with Gasteiger partial charge in [-0.15, -0.1) is 16.9 Å². The van der Waals surface area contributed by atoms with E-state index in [4.69, 9.17) is 11.1 Å². The first-order valence-corrected chi connectivity index (χ1v) is 7.35. The molecule has 0 fully saturated rings. The van der Waals surface area contributed by atoms with Crippen molar-refractivity contribution >= 4 is 17.6 Å². The maximum absolute atomic E-state index is 7.77. The first-order chi connectivity index (χ1) is 8.51. The second kappa shape index (κ2) is 6.73. The number of rotatable bonds is 6. The molecule has 0 aliphatic carbocycles. The molecule has 5 heteroatoms. The molecule has 0 saturated heterocycles. The van der Waals surface area contributed by atoms with Gasteiger partial charge in [0, 0.05) is 5.75 Å². The molecular weight excluding hydrogens is 244 g/mol. The third-order valence-corrected chi connectivity index (χ3v) is 4.03. The topological polar surface area (TPSA) is 75.7 Å². The SMILES string of the molecule is CCc1nnc(SCC(C)C)c(C(=N)N)c1CC. The molecular formula is C13H22N4S. The molecule has 1 heterocycles. The Bertz CT molecular complexity index is 429. The minimum atomic E-state index is 0.0997. The summed E-state index contributed by atoms with van der Waals surface area (Å²) in [6, 6.07) is 0. The number of nitrogens with zero attached hydrogens (tertiary/aromatic N) is 2. The second-order valence-electron chi connectivity index (χ2n) is 4.63. The third kappa shape index (κ3) is 3.45. The van der Waals surface area contributed by atoms with E-state index < -0.39 is 0 Å². The Labute approximate surface area is 113 Å². The van der Waals surface area contributed by atoms with Crippen LogP contribution in [0.4, 0.5) is 0 Å². The van der Waals surface area contributed by atoms with Gasteiger partial charge in [-0.2, -0.15) is 5.10 Å². The zero-order valence-electron chi connectivity index (χ0n) is 11.6. The molecule has 3 N–H and O–H groups in total. The van der Waals surface area contributed by atoms with Gasteiger partial charge in [-0.05, 0) is 24.3 Å². The summed E-state index contributed by atoms with van der Waals surface area (Å²) in [5, 5.41) is 17.1. The highest BCUT2D eigenvalue weighted by atomic mass is 32.2. The lowest BCUT2D eigenvalue weighted by Crippen LogP contribution is -2.19. The van der Waals surface area contributed by atoms with E-state index in [1.165, 1.54) is 0 Å². The average Bonchev–Trinajstić information content (AvgIpc) is 2.34. The molecule has 0 radical (unpaired) electrons. The molecule has 0 amide bonds. The van der Waals surface area contributed by atoms with E-state index in [0.29, 0.717) is 5.92 Å². The van der Waals surface area contributed by atoms with E-state index >= 15 is 0 Å². The van der Waals surface area contributed by atoms with Crippen molar-refractivity contribution in [2.75, 3.05) is 5.75 Å². The molecule has 18 heavy (non-hydrogen) atoms. The fourth-order valence-electron chi connectivity index (χ4n) is 1.78. The predicted octanol–water partition coefficient (Wildman–Crippen LogP) is 2.63. The van der Waals surface area contributed by atoms with Crippen molar-refractivity contribution in [3.8, 4) is 0 Å². The van der Waals surface area contributed by atoms with Crippen LogP contribution in [0.2, 0.25) is 0 Å². The van der Waals surface area contributed by atoms with Gasteiger partial charge < -0.3 is 5.73 Å². The Morgan fingerprint density at radius 2 is 1.94 bits per heavy atom. The van der Waals surface area contributed by atoms with Gasteiger partial charge >= 0.3 is 0 Å². The smallest absolute Gasteiger partial charge is 0.130 e. The summed E-state index contributed by atoms with van der Waals surface area (Å²) in [7, 11) is 0. The van der Waals surface area contributed by atoms with Crippen LogP contribution in [-0.2, 0) is 12.8 Å². The van der Waals surface area contributed by atoms with Gasteiger partial charge in [-0.3, -0.25) is 5.41 Å². The predicted molar refractivity (Wildman–Crippen MR) is 77.4 cm³/mol. The van der Waals surface area contributed by atoms with Crippen molar-refractivity contribution in [2.24, 2.45) is 11.7 Å². The zero-order chi connectivity index (χ0) is 13.7.